The Kier molecular flexibility index (Phi) is 4.41. The summed E-state index contributed by atoms with van der Waals surface area (Å²) in [5.41, 5.74) is 3.89. The molecule has 0 aliphatic carbocycles. The van der Waals surface area contributed by atoms with Crippen molar-refractivity contribution in [1.82, 2.24) is 29.3 Å². The molecule has 0 unspecified atom stereocenters. The van der Waals surface area contributed by atoms with Crippen LogP contribution in [0.3, 0.4) is 0 Å². The Hall–Kier alpha value is -3.43. The highest BCUT2D eigenvalue weighted by molar-refractivity contribution is 5.93. The summed E-state index contributed by atoms with van der Waals surface area (Å²) in [5, 5.41) is 14.8. The summed E-state index contributed by atoms with van der Waals surface area (Å²) in [6.45, 7) is 2.38. The van der Waals surface area contributed by atoms with Crippen LogP contribution in [-0.4, -0.2) is 53.7 Å². The third kappa shape index (κ3) is 3.08. The molecule has 0 saturated carbocycles. The van der Waals surface area contributed by atoms with Crippen LogP contribution in [0.5, 0.6) is 0 Å². The van der Waals surface area contributed by atoms with Crippen molar-refractivity contribution in [3.05, 3.63) is 59.2 Å². The van der Waals surface area contributed by atoms with Crippen molar-refractivity contribution < 1.29 is 9.84 Å². The molecule has 1 fully saturated rings. The van der Waals surface area contributed by atoms with Crippen molar-refractivity contribution in [2.75, 3.05) is 13.2 Å². The van der Waals surface area contributed by atoms with Gasteiger partial charge in [-0.05, 0) is 25.1 Å². The zero-order valence-electron chi connectivity index (χ0n) is 16.6. The Morgan fingerprint density at radius 3 is 2.70 bits per heavy atom. The topological polar surface area (TPSA) is 108 Å². The SMILES string of the molecule is Cc1ccc(-c2cc3c(=O)n([C@H]4COC[C@@H]4O)cnc3c(-c3cnn(C)c3)n2)cn1. The Bertz CT molecular complexity index is 1290. The molecule has 0 aromatic carbocycles. The maximum atomic E-state index is 13.4. The van der Waals surface area contributed by atoms with Crippen LogP contribution in [0.1, 0.15) is 11.7 Å². The summed E-state index contributed by atoms with van der Waals surface area (Å²) in [5.74, 6) is 0. The fourth-order valence-electron chi connectivity index (χ4n) is 3.69. The van der Waals surface area contributed by atoms with Crippen LogP contribution in [0, 0.1) is 6.92 Å². The maximum Gasteiger partial charge on any atom is 0.261 e. The number of ether oxygens (including phenoxy) is 1. The molecule has 1 N–H and O–H groups in total. The van der Waals surface area contributed by atoms with Crippen LogP contribution in [0.2, 0.25) is 0 Å². The number of aliphatic hydroxyl groups excluding tert-OH is 1. The number of pyridine rings is 2. The minimum atomic E-state index is -0.748. The highest BCUT2D eigenvalue weighted by atomic mass is 16.5. The van der Waals surface area contributed by atoms with Crippen LogP contribution >= 0.6 is 0 Å². The number of aromatic nitrogens is 6. The van der Waals surface area contributed by atoms with E-state index in [1.165, 1.54) is 10.9 Å². The fourth-order valence-corrected chi connectivity index (χ4v) is 3.69. The molecule has 9 nitrogen and oxygen atoms in total. The molecule has 152 valence electrons. The first-order valence-electron chi connectivity index (χ1n) is 9.61. The number of aryl methyl sites for hydroxylation is 2. The summed E-state index contributed by atoms with van der Waals surface area (Å²) in [4.78, 5) is 27.1. The lowest BCUT2D eigenvalue weighted by molar-refractivity contribution is 0.119. The van der Waals surface area contributed by atoms with Gasteiger partial charge in [-0.3, -0.25) is 19.0 Å². The van der Waals surface area contributed by atoms with Gasteiger partial charge in [0.25, 0.3) is 5.56 Å². The second-order valence-electron chi connectivity index (χ2n) is 7.47. The first-order chi connectivity index (χ1) is 14.5. The van der Waals surface area contributed by atoms with E-state index >= 15 is 0 Å². The van der Waals surface area contributed by atoms with Crippen LogP contribution in [0.15, 0.2) is 47.9 Å². The standard InChI is InChI=1S/C21H20N6O3/c1-12-3-4-13(6-22-12)16-5-15-20(19(25-16)14-7-24-26(2)8-14)23-11-27(21(15)29)17-9-30-10-18(17)28/h3-8,11,17-18,28H,9-10H2,1-2H3/t17-,18-/m0/s1. The first kappa shape index (κ1) is 18.6. The second kappa shape index (κ2) is 7.12. The van der Waals surface area contributed by atoms with Gasteiger partial charge in [0.1, 0.15) is 17.3 Å². The van der Waals surface area contributed by atoms with Crippen LogP contribution in [0.25, 0.3) is 33.4 Å². The lowest BCUT2D eigenvalue weighted by Gasteiger charge is -2.16. The molecule has 0 spiro atoms. The smallest absolute Gasteiger partial charge is 0.261 e. The van der Waals surface area contributed by atoms with Gasteiger partial charge in [-0.1, -0.05) is 0 Å². The third-order valence-electron chi connectivity index (χ3n) is 5.33. The van der Waals surface area contributed by atoms with Gasteiger partial charge in [-0.15, -0.1) is 0 Å². The Labute approximate surface area is 171 Å². The molecule has 0 radical (unpaired) electrons. The van der Waals surface area contributed by atoms with Gasteiger partial charge in [-0.2, -0.15) is 5.10 Å². The Morgan fingerprint density at radius 1 is 1.17 bits per heavy atom. The third-order valence-corrected chi connectivity index (χ3v) is 5.33. The second-order valence-corrected chi connectivity index (χ2v) is 7.47. The summed E-state index contributed by atoms with van der Waals surface area (Å²) in [7, 11) is 1.82. The van der Waals surface area contributed by atoms with E-state index in [4.69, 9.17) is 9.72 Å². The molecule has 2 atom stereocenters. The average Bonchev–Trinajstić information content (AvgIpc) is 3.36. The number of hydrogen-bond acceptors (Lipinski definition) is 7. The Morgan fingerprint density at radius 2 is 2.03 bits per heavy atom. The van der Waals surface area contributed by atoms with Crippen molar-refractivity contribution >= 4 is 10.9 Å². The molecule has 0 amide bonds. The minimum Gasteiger partial charge on any atom is -0.388 e. The molecular weight excluding hydrogens is 384 g/mol. The molecule has 4 aromatic heterocycles. The predicted octanol–water partition coefficient (Wildman–Crippen LogP) is 1.49. The summed E-state index contributed by atoms with van der Waals surface area (Å²) < 4.78 is 8.45. The molecule has 4 aromatic rings. The molecule has 5 rings (SSSR count). The van der Waals surface area contributed by atoms with Crippen molar-refractivity contribution in [2.45, 2.75) is 19.1 Å². The van der Waals surface area contributed by atoms with E-state index in [0.717, 1.165) is 16.8 Å². The van der Waals surface area contributed by atoms with E-state index in [0.29, 0.717) is 22.3 Å². The molecule has 1 saturated heterocycles. The zero-order valence-corrected chi connectivity index (χ0v) is 16.6. The molecular formula is C21H20N6O3. The largest absolute Gasteiger partial charge is 0.388 e. The molecule has 30 heavy (non-hydrogen) atoms. The van der Waals surface area contributed by atoms with E-state index in [9.17, 15) is 9.90 Å². The zero-order chi connectivity index (χ0) is 20.8. The van der Waals surface area contributed by atoms with Crippen molar-refractivity contribution in [3.63, 3.8) is 0 Å². The quantitative estimate of drug-likeness (QED) is 0.551. The van der Waals surface area contributed by atoms with Crippen molar-refractivity contribution in [2.24, 2.45) is 7.05 Å². The Balaban J connectivity index is 1.78. The first-order valence-corrected chi connectivity index (χ1v) is 9.61. The minimum absolute atomic E-state index is 0.201. The molecule has 1 aliphatic rings. The molecule has 1 aliphatic heterocycles. The van der Waals surface area contributed by atoms with E-state index < -0.39 is 12.1 Å². The van der Waals surface area contributed by atoms with Gasteiger partial charge in [0.05, 0.1) is 42.9 Å². The summed E-state index contributed by atoms with van der Waals surface area (Å²) >= 11 is 0. The monoisotopic (exact) mass is 404 g/mol. The fraction of sp³-hybridized carbons (Fsp3) is 0.286. The normalized spacial score (nSPS) is 18.9. The van der Waals surface area contributed by atoms with Crippen LogP contribution in [0.4, 0.5) is 0 Å². The van der Waals surface area contributed by atoms with Crippen LogP contribution in [-0.2, 0) is 11.8 Å². The molecule has 9 heteroatoms. The lowest BCUT2D eigenvalue weighted by Crippen LogP contribution is -2.32. The number of rotatable bonds is 3. The average molecular weight is 404 g/mol. The highest BCUT2D eigenvalue weighted by Gasteiger charge is 2.29. The van der Waals surface area contributed by atoms with E-state index in [2.05, 4.69) is 15.1 Å². The number of fused-ring (bicyclic) bond motifs is 1. The molecule has 5 heterocycles. The predicted molar refractivity (Wildman–Crippen MR) is 110 cm³/mol. The number of hydrogen-bond donors (Lipinski definition) is 1. The van der Waals surface area contributed by atoms with Gasteiger partial charge < -0.3 is 9.84 Å². The van der Waals surface area contributed by atoms with Crippen LogP contribution < -0.4 is 5.56 Å². The maximum absolute atomic E-state index is 13.4. The van der Waals surface area contributed by atoms with Gasteiger partial charge in [0.15, 0.2) is 0 Å². The van der Waals surface area contributed by atoms with Gasteiger partial charge >= 0.3 is 0 Å². The van der Waals surface area contributed by atoms with E-state index in [-0.39, 0.29) is 18.8 Å². The van der Waals surface area contributed by atoms with E-state index in [1.54, 1.807) is 23.1 Å². The molecule has 0 bridgehead atoms. The van der Waals surface area contributed by atoms with Gasteiger partial charge in [0, 0.05) is 36.3 Å². The number of nitrogens with zero attached hydrogens (tertiary/aromatic N) is 6. The summed E-state index contributed by atoms with van der Waals surface area (Å²) in [6.07, 6.45) is 5.98. The highest BCUT2D eigenvalue weighted by Crippen LogP contribution is 2.29. The van der Waals surface area contributed by atoms with Gasteiger partial charge in [-0.25, -0.2) is 9.97 Å². The van der Waals surface area contributed by atoms with Crippen molar-refractivity contribution in [3.8, 4) is 22.5 Å². The lowest BCUT2D eigenvalue weighted by atomic mass is 10.1. The summed E-state index contributed by atoms with van der Waals surface area (Å²) in [6, 6.07) is 5.09. The van der Waals surface area contributed by atoms with Crippen molar-refractivity contribution in [1.29, 1.82) is 0 Å². The van der Waals surface area contributed by atoms with Gasteiger partial charge in [0.2, 0.25) is 0 Å². The van der Waals surface area contributed by atoms with E-state index in [1.807, 2.05) is 32.3 Å². The number of aliphatic hydroxyl groups is 1.